The van der Waals surface area contributed by atoms with Gasteiger partial charge < -0.3 is 14.8 Å². The van der Waals surface area contributed by atoms with Crippen molar-refractivity contribution in [1.29, 1.82) is 0 Å². The van der Waals surface area contributed by atoms with Gasteiger partial charge in [-0.1, -0.05) is 27.7 Å². The van der Waals surface area contributed by atoms with Crippen LogP contribution in [-0.4, -0.2) is 62.5 Å². The molecular formula is C18H36N2O2. The number of nitrogens with zero attached hydrogens (tertiary/aromatic N) is 1. The largest absolute Gasteiger partial charge is 0.379 e. The Morgan fingerprint density at radius 3 is 2.14 bits per heavy atom. The highest BCUT2D eigenvalue weighted by Gasteiger charge is 2.32. The van der Waals surface area contributed by atoms with E-state index in [9.17, 15) is 0 Å². The van der Waals surface area contributed by atoms with Crippen molar-refractivity contribution < 1.29 is 9.47 Å². The molecule has 4 heteroatoms. The number of rotatable bonds is 7. The summed E-state index contributed by atoms with van der Waals surface area (Å²) < 4.78 is 11.7. The quantitative estimate of drug-likeness (QED) is 0.733. The molecule has 4 nitrogen and oxygen atoms in total. The second-order valence-corrected chi connectivity index (χ2v) is 7.63. The Balaban J connectivity index is 1.68. The van der Waals surface area contributed by atoms with Gasteiger partial charge in [0.2, 0.25) is 0 Å². The molecule has 0 spiro atoms. The van der Waals surface area contributed by atoms with E-state index in [0.717, 1.165) is 32.8 Å². The van der Waals surface area contributed by atoms with Crippen LogP contribution in [-0.2, 0) is 9.47 Å². The summed E-state index contributed by atoms with van der Waals surface area (Å²) in [5, 5.41) is 3.79. The number of morpholine rings is 1. The zero-order chi connectivity index (χ0) is 15.9. The molecule has 1 unspecified atom stereocenters. The molecule has 2 heterocycles. The van der Waals surface area contributed by atoms with E-state index in [2.05, 4.69) is 37.9 Å². The molecule has 3 atom stereocenters. The standard InChI is InChI=1S/C18H36N2O2/c1-14(2)17-12-16(13-18(22-17)15(3)4)19-6-5-7-20-8-10-21-11-9-20/h14-19H,5-13H2,1-4H3/t16?,17-,18+. The van der Waals surface area contributed by atoms with E-state index < -0.39 is 0 Å². The molecule has 0 aromatic carbocycles. The maximum absolute atomic E-state index is 6.28. The number of hydrogen-bond donors (Lipinski definition) is 1. The summed E-state index contributed by atoms with van der Waals surface area (Å²) in [5.41, 5.74) is 0. The average molecular weight is 312 g/mol. The van der Waals surface area contributed by atoms with Crippen LogP contribution in [0.25, 0.3) is 0 Å². The van der Waals surface area contributed by atoms with Crippen LogP contribution in [0.1, 0.15) is 47.0 Å². The highest BCUT2D eigenvalue weighted by atomic mass is 16.5. The number of hydrogen-bond acceptors (Lipinski definition) is 4. The first kappa shape index (κ1) is 18.2. The molecule has 0 radical (unpaired) electrons. The van der Waals surface area contributed by atoms with Crippen LogP contribution in [0.2, 0.25) is 0 Å². The van der Waals surface area contributed by atoms with Crippen LogP contribution in [0.15, 0.2) is 0 Å². The SMILES string of the molecule is CC(C)[C@@H]1CC(NCCCN2CCOCC2)C[C@H](C(C)C)O1. The third-order valence-electron chi connectivity index (χ3n) is 5.06. The van der Waals surface area contributed by atoms with Crippen molar-refractivity contribution in [2.24, 2.45) is 11.8 Å². The zero-order valence-electron chi connectivity index (χ0n) is 15.0. The second kappa shape index (κ2) is 9.21. The lowest BCUT2D eigenvalue weighted by Gasteiger charge is -2.39. The molecule has 22 heavy (non-hydrogen) atoms. The fraction of sp³-hybridized carbons (Fsp3) is 1.00. The Bertz CT molecular complexity index is 287. The van der Waals surface area contributed by atoms with Gasteiger partial charge in [-0.15, -0.1) is 0 Å². The van der Waals surface area contributed by atoms with Gasteiger partial charge in [-0.05, 0) is 44.2 Å². The molecule has 0 aromatic heterocycles. The third-order valence-corrected chi connectivity index (χ3v) is 5.06. The summed E-state index contributed by atoms with van der Waals surface area (Å²) in [4.78, 5) is 2.52. The number of ether oxygens (including phenoxy) is 2. The van der Waals surface area contributed by atoms with E-state index in [-0.39, 0.29) is 0 Å². The molecule has 2 rings (SSSR count). The Labute approximate surface area is 136 Å². The molecule has 0 aromatic rings. The highest BCUT2D eigenvalue weighted by molar-refractivity contribution is 4.85. The van der Waals surface area contributed by atoms with Gasteiger partial charge in [0, 0.05) is 19.1 Å². The van der Waals surface area contributed by atoms with E-state index in [1.807, 2.05) is 0 Å². The van der Waals surface area contributed by atoms with Gasteiger partial charge in [-0.25, -0.2) is 0 Å². The van der Waals surface area contributed by atoms with Gasteiger partial charge in [-0.3, -0.25) is 4.90 Å². The maximum atomic E-state index is 6.28. The van der Waals surface area contributed by atoms with E-state index in [0.29, 0.717) is 30.1 Å². The van der Waals surface area contributed by atoms with E-state index >= 15 is 0 Å². The van der Waals surface area contributed by atoms with Gasteiger partial charge >= 0.3 is 0 Å². The van der Waals surface area contributed by atoms with E-state index in [1.165, 1.54) is 25.8 Å². The fourth-order valence-electron chi connectivity index (χ4n) is 3.45. The first-order valence-corrected chi connectivity index (χ1v) is 9.25. The van der Waals surface area contributed by atoms with E-state index in [4.69, 9.17) is 9.47 Å². The van der Waals surface area contributed by atoms with Gasteiger partial charge in [-0.2, -0.15) is 0 Å². The Hall–Kier alpha value is -0.160. The average Bonchev–Trinajstić information content (AvgIpc) is 2.52. The topological polar surface area (TPSA) is 33.7 Å². The molecule has 1 N–H and O–H groups in total. The molecule has 0 aliphatic carbocycles. The minimum absolute atomic E-state index is 0.415. The second-order valence-electron chi connectivity index (χ2n) is 7.63. The van der Waals surface area contributed by atoms with Crippen LogP contribution in [0.4, 0.5) is 0 Å². The smallest absolute Gasteiger partial charge is 0.0616 e. The number of nitrogens with one attached hydrogen (secondary N) is 1. The van der Waals surface area contributed by atoms with Crippen LogP contribution < -0.4 is 5.32 Å². The van der Waals surface area contributed by atoms with E-state index in [1.54, 1.807) is 0 Å². The van der Waals surface area contributed by atoms with Crippen LogP contribution in [0.5, 0.6) is 0 Å². The third kappa shape index (κ3) is 5.80. The molecule has 2 fully saturated rings. The van der Waals surface area contributed by atoms with Crippen molar-refractivity contribution in [3.63, 3.8) is 0 Å². The fourth-order valence-corrected chi connectivity index (χ4v) is 3.45. The lowest BCUT2D eigenvalue weighted by molar-refractivity contribution is -0.0993. The van der Waals surface area contributed by atoms with Crippen LogP contribution >= 0.6 is 0 Å². The first-order valence-electron chi connectivity index (χ1n) is 9.25. The Morgan fingerprint density at radius 1 is 1.00 bits per heavy atom. The molecular weight excluding hydrogens is 276 g/mol. The lowest BCUT2D eigenvalue weighted by Crippen LogP contribution is -2.47. The highest BCUT2D eigenvalue weighted by Crippen LogP contribution is 2.28. The van der Waals surface area contributed by atoms with Gasteiger partial charge in [0.05, 0.1) is 25.4 Å². The summed E-state index contributed by atoms with van der Waals surface area (Å²) in [6, 6.07) is 0.623. The molecule has 0 saturated carbocycles. The summed E-state index contributed by atoms with van der Waals surface area (Å²) in [5.74, 6) is 1.22. The van der Waals surface area contributed by atoms with Crippen molar-refractivity contribution in [3.05, 3.63) is 0 Å². The minimum Gasteiger partial charge on any atom is -0.379 e. The van der Waals surface area contributed by atoms with Crippen molar-refractivity contribution >= 4 is 0 Å². The summed E-state index contributed by atoms with van der Waals surface area (Å²) in [6.45, 7) is 15.4. The molecule has 2 saturated heterocycles. The van der Waals surface area contributed by atoms with Crippen molar-refractivity contribution in [2.45, 2.75) is 65.2 Å². The molecule has 0 amide bonds. The predicted octanol–water partition coefficient (Wildman–Crippen LogP) is 2.53. The van der Waals surface area contributed by atoms with Gasteiger partial charge in [0.25, 0.3) is 0 Å². The van der Waals surface area contributed by atoms with Crippen LogP contribution in [0.3, 0.4) is 0 Å². The maximum Gasteiger partial charge on any atom is 0.0616 e. The molecule has 0 bridgehead atoms. The van der Waals surface area contributed by atoms with Crippen molar-refractivity contribution in [1.82, 2.24) is 10.2 Å². The van der Waals surface area contributed by atoms with Gasteiger partial charge in [0.1, 0.15) is 0 Å². The monoisotopic (exact) mass is 312 g/mol. The lowest BCUT2D eigenvalue weighted by atomic mass is 9.88. The normalized spacial score (nSPS) is 31.1. The predicted molar refractivity (Wildman–Crippen MR) is 91.2 cm³/mol. The summed E-state index contributed by atoms with van der Waals surface area (Å²) in [6.07, 6.45) is 4.39. The molecule has 2 aliphatic rings. The van der Waals surface area contributed by atoms with Crippen LogP contribution in [0, 0.1) is 11.8 Å². The van der Waals surface area contributed by atoms with Gasteiger partial charge in [0.15, 0.2) is 0 Å². The summed E-state index contributed by atoms with van der Waals surface area (Å²) in [7, 11) is 0. The Morgan fingerprint density at radius 2 is 1.59 bits per heavy atom. The zero-order valence-corrected chi connectivity index (χ0v) is 15.0. The minimum atomic E-state index is 0.415. The molecule has 2 aliphatic heterocycles. The van der Waals surface area contributed by atoms with Crippen molar-refractivity contribution in [2.75, 3.05) is 39.4 Å². The Kier molecular flexibility index (Phi) is 7.61. The molecule has 130 valence electrons. The first-order chi connectivity index (χ1) is 10.6. The van der Waals surface area contributed by atoms with Crippen molar-refractivity contribution in [3.8, 4) is 0 Å². The summed E-state index contributed by atoms with van der Waals surface area (Å²) >= 11 is 0.